The molecule has 0 spiro atoms. The first kappa shape index (κ1) is 16.8. The van der Waals surface area contributed by atoms with Crippen LogP contribution in [0.3, 0.4) is 0 Å². The van der Waals surface area contributed by atoms with E-state index in [0.29, 0.717) is 11.3 Å². The molecule has 4 aliphatic carbocycles. The molecule has 0 aliphatic heterocycles. The Kier molecular flexibility index (Phi) is 3.79. The quantitative estimate of drug-likeness (QED) is 0.515. The number of carbonyl (C=O) groups is 2. The van der Waals surface area contributed by atoms with Gasteiger partial charge in [-0.15, -0.1) is 0 Å². The lowest BCUT2D eigenvalue weighted by Crippen LogP contribution is -2.55. The molecular formula is C22H34O2. The zero-order chi connectivity index (χ0) is 17.2. The predicted octanol–water partition coefficient (Wildman–Crippen LogP) is 5.19. The lowest BCUT2D eigenvalue weighted by molar-refractivity contribution is -0.153. The number of aldehydes is 1. The van der Waals surface area contributed by atoms with E-state index in [-0.39, 0.29) is 11.2 Å². The first-order valence-electron chi connectivity index (χ1n) is 10.4. The molecule has 0 N–H and O–H groups in total. The molecule has 0 aromatic heterocycles. The lowest BCUT2D eigenvalue weighted by Gasteiger charge is -2.61. The minimum atomic E-state index is -0.688. The van der Waals surface area contributed by atoms with E-state index in [1.165, 1.54) is 44.9 Å². The van der Waals surface area contributed by atoms with Crippen molar-refractivity contribution in [3.05, 3.63) is 0 Å². The highest BCUT2D eigenvalue weighted by molar-refractivity contribution is 5.98. The van der Waals surface area contributed by atoms with E-state index in [1.807, 2.05) is 0 Å². The molecule has 2 nitrogen and oxygen atoms in total. The fourth-order valence-electron chi connectivity index (χ4n) is 8.23. The highest BCUT2D eigenvalue weighted by Crippen LogP contribution is 2.70. The summed E-state index contributed by atoms with van der Waals surface area (Å²) in [6, 6.07) is 0. The van der Waals surface area contributed by atoms with Crippen molar-refractivity contribution in [1.29, 1.82) is 0 Å². The van der Waals surface area contributed by atoms with Crippen LogP contribution in [0.5, 0.6) is 0 Å². The number of hydrogen-bond donors (Lipinski definition) is 0. The smallest absolute Gasteiger partial charge is 0.143 e. The van der Waals surface area contributed by atoms with Crippen LogP contribution in [0, 0.1) is 39.9 Å². The number of rotatable bonds is 2. The molecule has 4 fully saturated rings. The van der Waals surface area contributed by atoms with Crippen molar-refractivity contribution < 1.29 is 9.59 Å². The van der Waals surface area contributed by atoms with Gasteiger partial charge in [-0.3, -0.25) is 4.79 Å². The largest absolute Gasteiger partial charge is 0.302 e. The summed E-state index contributed by atoms with van der Waals surface area (Å²) in [7, 11) is 0. The molecule has 0 amide bonds. The summed E-state index contributed by atoms with van der Waals surface area (Å²) in [6.07, 6.45) is 13.7. The summed E-state index contributed by atoms with van der Waals surface area (Å²) in [5, 5.41) is 0. The lowest BCUT2D eigenvalue weighted by atomic mass is 9.43. The highest BCUT2D eigenvalue weighted by Gasteiger charge is 2.66. The van der Waals surface area contributed by atoms with Crippen molar-refractivity contribution in [1.82, 2.24) is 0 Å². The normalized spacial score (nSPS) is 53.6. The monoisotopic (exact) mass is 330 g/mol. The van der Waals surface area contributed by atoms with Gasteiger partial charge in [0, 0.05) is 0 Å². The van der Waals surface area contributed by atoms with Gasteiger partial charge in [0.1, 0.15) is 12.1 Å². The van der Waals surface area contributed by atoms with Crippen LogP contribution >= 0.6 is 0 Å². The molecule has 4 aliphatic rings. The zero-order valence-corrected chi connectivity index (χ0v) is 15.8. The molecule has 134 valence electrons. The van der Waals surface area contributed by atoms with Gasteiger partial charge in [0.05, 0.1) is 5.41 Å². The Balaban J connectivity index is 1.69. The molecule has 4 saturated carbocycles. The number of ketones is 1. The van der Waals surface area contributed by atoms with Gasteiger partial charge < -0.3 is 4.79 Å². The molecule has 4 rings (SSSR count). The van der Waals surface area contributed by atoms with Crippen LogP contribution in [0.25, 0.3) is 0 Å². The minimum Gasteiger partial charge on any atom is -0.302 e. The van der Waals surface area contributed by atoms with Crippen LogP contribution in [0.1, 0.15) is 85.0 Å². The van der Waals surface area contributed by atoms with E-state index in [2.05, 4.69) is 13.8 Å². The maximum Gasteiger partial charge on any atom is 0.143 e. The van der Waals surface area contributed by atoms with Gasteiger partial charge in [0.15, 0.2) is 0 Å². The van der Waals surface area contributed by atoms with Gasteiger partial charge in [0.25, 0.3) is 0 Å². The first-order chi connectivity index (χ1) is 11.4. The third-order valence-corrected chi connectivity index (χ3v) is 9.67. The Morgan fingerprint density at radius 1 is 0.917 bits per heavy atom. The fourth-order valence-corrected chi connectivity index (χ4v) is 8.23. The minimum absolute atomic E-state index is 0.0837. The van der Waals surface area contributed by atoms with E-state index in [1.54, 1.807) is 6.92 Å². The Morgan fingerprint density at radius 3 is 2.38 bits per heavy atom. The molecule has 0 saturated heterocycles. The second-order valence-corrected chi connectivity index (χ2v) is 10.0. The molecule has 0 radical (unpaired) electrons. The summed E-state index contributed by atoms with van der Waals surface area (Å²) in [5.74, 6) is 3.23. The van der Waals surface area contributed by atoms with Gasteiger partial charge in [0.2, 0.25) is 0 Å². The molecular weight excluding hydrogens is 296 g/mol. The van der Waals surface area contributed by atoms with Crippen LogP contribution in [0.15, 0.2) is 0 Å². The number of carbonyl (C=O) groups excluding carboxylic acids is 2. The molecule has 0 bridgehead atoms. The number of fused-ring (bicyclic) bond motifs is 5. The van der Waals surface area contributed by atoms with Gasteiger partial charge in [-0.2, -0.15) is 0 Å². The molecule has 7 atom stereocenters. The third-order valence-electron chi connectivity index (χ3n) is 9.67. The standard InChI is InChI=1S/C22H34O2/c1-15(24)22(14-23)13-10-19-17-8-7-16-6-4-5-11-20(16,2)18(17)9-12-21(19,22)3/h14,16-19H,4-13H2,1-3H3/t16?,17-,18+,19+,20+,21+,22+/m1/s1. The molecule has 0 aromatic rings. The summed E-state index contributed by atoms with van der Waals surface area (Å²) in [6.45, 7) is 6.53. The van der Waals surface area contributed by atoms with Crippen LogP contribution in [-0.4, -0.2) is 12.1 Å². The van der Waals surface area contributed by atoms with Crippen LogP contribution in [-0.2, 0) is 9.59 Å². The number of Topliss-reactive ketones (excluding diaryl/α,β-unsaturated/α-hetero) is 1. The summed E-state index contributed by atoms with van der Waals surface area (Å²) in [4.78, 5) is 24.5. The highest BCUT2D eigenvalue weighted by atomic mass is 16.1. The van der Waals surface area contributed by atoms with E-state index < -0.39 is 5.41 Å². The van der Waals surface area contributed by atoms with Crippen LogP contribution < -0.4 is 0 Å². The van der Waals surface area contributed by atoms with E-state index in [0.717, 1.165) is 43.3 Å². The van der Waals surface area contributed by atoms with Crippen molar-refractivity contribution in [3.63, 3.8) is 0 Å². The predicted molar refractivity (Wildman–Crippen MR) is 95.5 cm³/mol. The van der Waals surface area contributed by atoms with E-state index in [9.17, 15) is 9.59 Å². The second kappa shape index (κ2) is 5.42. The fraction of sp³-hybridized carbons (Fsp3) is 0.909. The van der Waals surface area contributed by atoms with Crippen LogP contribution in [0.4, 0.5) is 0 Å². The second-order valence-electron chi connectivity index (χ2n) is 10.0. The molecule has 24 heavy (non-hydrogen) atoms. The number of hydrogen-bond acceptors (Lipinski definition) is 2. The SMILES string of the molecule is CC(=O)[C@@]1(C=O)CC[C@H]2[C@@H]3CCC4CCCC[C@]4(C)[C@H]3CC[C@@]21C. The Labute approximate surface area is 147 Å². The zero-order valence-electron chi connectivity index (χ0n) is 15.8. The first-order valence-corrected chi connectivity index (χ1v) is 10.4. The third kappa shape index (κ3) is 1.89. The Bertz CT molecular complexity index is 554. The van der Waals surface area contributed by atoms with Crippen molar-refractivity contribution in [3.8, 4) is 0 Å². The van der Waals surface area contributed by atoms with Gasteiger partial charge >= 0.3 is 0 Å². The molecule has 2 heteroatoms. The summed E-state index contributed by atoms with van der Waals surface area (Å²) >= 11 is 0. The Morgan fingerprint density at radius 2 is 1.67 bits per heavy atom. The Hall–Kier alpha value is -0.660. The van der Waals surface area contributed by atoms with Gasteiger partial charge in [-0.1, -0.05) is 26.7 Å². The molecule has 0 heterocycles. The summed E-state index contributed by atoms with van der Waals surface area (Å²) in [5.41, 5.74) is -0.238. The molecule has 1 unspecified atom stereocenters. The van der Waals surface area contributed by atoms with Crippen LogP contribution in [0.2, 0.25) is 0 Å². The average Bonchev–Trinajstić information content (AvgIpc) is 2.87. The molecule has 0 aromatic carbocycles. The summed E-state index contributed by atoms with van der Waals surface area (Å²) < 4.78 is 0. The van der Waals surface area contributed by atoms with Crippen molar-refractivity contribution >= 4 is 12.1 Å². The van der Waals surface area contributed by atoms with Crippen molar-refractivity contribution in [2.45, 2.75) is 85.0 Å². The van der Waals surface area contributed by atoms with E-state index in [4.69, 9.17) is 0 Å². The van der Waals surface area contributed by atoms with Crippen molar-refractivity contribution in [2.75, 3.05) is 0 Å². The maximum atomic E-state index is 12.5. The van der Waals surface area contributed by atoms with Gasteiger partial charge in [-0.05, 0) is 92.8 Å². The maximum absolute atomic E-state index is 12.5. The van der Waals surface area contributed by atoms with E-state index >= 15 is 0 Å². The topological polar surface area (TPSA) is 34.1 Å². The van der Waals surface area contributed by atoms with Gasteiger partial charge in [-0.25, -0.2) is 0 Å². The average molecular weight is 331 g/mol. The van der Waals surface area contributed by atoms with Crippen molar-refractivity contribution in [2.24, 2.45) is 39.9 Å².